The Labute approximate surface area is 201 Å². The number of fused-ring (bicyclic) bond motifs is 3. The molecule has 0 saturated heterocycles. The van der Waals surface area contributed by atoms with Crippen molar-refractivity contribution < 1.29 is 10.2 Å². The van der Waals surface area contributed by atoms with Gasteiger partial charge in [-0.3, -0.25) is 9.79 Å². The number of aryl methyl sites for hydroxylation is 1. The Kier molecular flexibility index (Phi) is 4.81. The lowest BCUT2D eigenvalue weighted by Gasteiger charge is -2.22. The highest BCUT2D eigenvalue weighted by atomic mass is 16.3. The lowest BCUT2D eigenvalue weighted by molar-refractivity contribution is 0.466. The predicted molar refractivity (Wildman–Crippen MR) is 140 cm³/mol. The van der Waals surface area contributed by atoms with Gasteiger partial charge in [-0.2, -0.15) is 0 Å². The van der Waals surface area contributed by atoms with Gasteiger partial charge in [-0.25, -0.2) is 0 Å². The summed E-state index contributed by atoms with van der Waals surface area (Å²) >= 11 is 0. The number of nitrogens with zero attached hydrogens (tertiary/aromatic N) is 2. The van der Waals surface area contributed by atoms with Crippen molar-refractivity contribution in [3.8, 4) is 11.5 Å². The second kappa shape index (κ2) is 8.02. The Morgan fingerprint density at radius 1 is 0.886 bits per heavy atom. The van der Waals surface area contributed by atoms with Crippen molar-refractivity contribution in [3.63, 3.8) is 0 Å². The third-order valence-corrected chi connectivity index (χ3v) is 6.75. The van der Waals surface area contributed by atoms with E-state index in [2.05, 4.69) is 5.32 Å². The van der Waals surface area contributed by atoms with Crippen LogP contribution in [0.3, 0.4) is 0 Å². The summed E-state index contributed by atoms with van der Waals surface area (Å²) in [4.78, 5) is 18.4. The van der Waals surface area contributed by atoms with Crippen molar-refractivity contribution in [2.45, 2.75) is 12.5 Å². The maximum absolute atomic E-state index is 13.5. The van der Waals surface area contributed by atoms with Gasteiger partial charge in [-0.05, 0) is 41.1 Å². The molecule has 0 bridgehead atoms. The van der Waals surface area contributed by atoms with Crippen LogP contribution in [-0.2, 0) is 7.05 Å². The fourth-order valence-corrected chi connectivity index (χ4v) is 5.04. The van der Waals surface area contributed by atoms with Gasteiger partial charge in [0.2, 0.25) is 0 Å². The van der Waals surface area contributed by atoms with E-state index in [4.69, 9.17) is 4.99 Å². The molecule has 0 aliphatic carbocycles. The smallest absolute Gasteiger partial charge is 0.263 e. The average molecular weight is 462 g/mol. The molecule has 2 heterocycles. The van der Waals surface area contributed by atoms with Crippen LogP contribution in [0.2, 0.25) is 0 Å². The van der Waals surface area contributed by atoms with Crippen LogP contribution in [0.25, 0.3) is 21.7 Å². The van der Waals surface area contributed by atoms with Gasteiger partial charge in [0, 0.05) is 24.4 Å². The minimum absolute atomic E-state index is 0.0808. The fourth-order valence-electron chi connectivity index (χ4n) is 5.04. The topological polar surface area (TPSA) is 86.9 Å². The van der Waals surface area contributed by atoms with Gasteiger partial charge in [0.15, 0.2) is 0 Å². The van der Waals surface area contributed by atoms with Crippen molar-refractivity contribution in [2.24, 2.45) is 12.0 Å². The van der Waals surface area contributed by atoms with Crippen LogP contribution in [0.4, 0.5) is 11.4 Å². The zero-order valence-electron chi connectivity index (χ0n) is 19.1. The van der Waals surface area contributed by atoms with Crippen LogP contribution in [0, 0.1) is 0 Å². The number of aromatic hydroxyl groups is 2. The van der Waals surface area contributed by atoms with E-state index in [1.54, 1.807) is 23.7 Å². The summed E-state index contributed by atoms with van der Waals surface area (Å²) in [5.41, 5.74) is 3.15. The molecule has 3 N–H and O–H groups in total. The zero-order valence-corrected chi connectivity index (χ0v) is 19.1. The van der Waals surface area contributed by atoms with Crippen molar-refractivity contribution in [1.82, 2.24) is 4.57 Å². The van der Waals surface area contributed by atoms with Crippen molar-refractivity contribution in [3.05, 3.63) is 106 Å². The largest absolute Gasteiger partial charge is 0.508 e. The molecule has 0 fully saturated rings. The molecule has 0 radical (unpaired) electrons. The van der Waals surface area contributed by atoms with Crippen molar-refractivity contribution in [2.75, 3.05) is 5.32 Å². The van der Waals surface area contributed by atoms with Crippen LogP contribution in [0.15, 0.2) is 94.7 Å². The minimum Gasteiger partial charge on any atom is -0.508 e. The molecule has 6 nitrogen and oxygen atoms in total. The molecular formula is C29H23N3O3. The number of hydrogen-bond acceptors (Lipinski definition) is 5. The summed E-state index contributed by atoms with van der Waals surface area (Å²) in [5.74, 6) is 0.0817. The summed E-state index contributed by atoms with van der Waals surface area (Å²) in [6.07, 6.45) is 0.289. The highest BCUT2D eigenvalue weighted by Gasteiger charge is 2.28. The number of aliphatic imine (C=N–C) groups is 1. The zero-order chi connectivity index (χ0) is 24.1. The van der Waals surface area contributed by atoms with E-state index in [0.29, 0.717) is 22.3 Å². The van der Waals surface area contributed by atoms with E-state index in [1.165, 1.54) is 0 Å². The average Bonchev–Trinajstić information content (AvgIpc) is 3.07. The van der Waals surface area contributed by atoms with E-state index < -0.39 is 0 Å². The Bertz CT molecular complexity index is 1720. The SMILES string of the molecule is Cn1c(=O)c(C2=Nc3ccccc3N[C@@H](c3c(O)ccc4ccccc34)C2)c(O)c2ccccc21. The number of phenols is 1. The summed E-state index contributed by atoms with van der Waals surface area (Å²) in [6, 6.07) is 25.9. The van der Waals surface area contributed by atoms with Gasteiger partial charge in [0.1, 0.15) is 17.1 Å². The molecule has 0 saturated carbocycles. The molecule has 1 atom stereocenters. The first-order chi connectivity index (χ1) is 17.0. The van der Waals surface area contributed by atoms with Gasteiger partial charge in [0.05, 0.1) is 28.6 Å². The number of pyridine rings is 1. The van der Waals surface area contributed by atoms with Crippen LogP contribution < -0.4 is 10.9 Å². The first-order valence-corrected chi connectivity index (χ1v) is 11.5. The third kappa shape index (κ3) is 3.34. The molecule has 6 heteroatoms. The lowest BCUT2D eigenvalue weighted by atomic mass is 9.92. The highest BCUT2D eigenvalue weighted by Crippen LogP contribution is 2.41. The number of hydrogen-bond donors (Lipinski definition) is 3. The van der Waals surface area contributed by atoms with E-state index in [1.807, 2.05) is 72.8 Å². The first-order valence-electron chi connectivity index (χ1n) is 11.5. The molecular weight excluding hydrogens is 438 g/mol. The summed E-state index contributed by atoms with van der Waals surface area (Å²) in [6.45, 7) is 0. The molecule has 1 aliphatic heterocycles. The van der Waals surface area contributed by atoms with Gasteiger partial charge in [0.25, 0.3) is 5.56 Å². The van der Waals surface area contributed by atoms with Crippen LogP contribution in [0.5, 0.6) is 11.5 Å². The summed E-state index contributed by atoms with van der Waals surface area (Å²) < 4.78 is 1.54. The molecule has 35 heavy (non-hydrogen) atoms. The minimum atomic E-state index is -0.390. The van der Waals surface area contributed by atoms with Gasteiger partial charge in [-0.1, -0.05) is 54.6 Å². The van der Waals surface area contributed by atoms with Gasteiger partial charge in [-0.15, -0.1) is 0 Å². The summed E-state index contributed by atoms with van der Waals surface area (Å²) in [5, 5.41) is 28.3. The number of phenolic OH excluding ortho intramolecular Hbond substituents is 1. The Morgan fingerprint density at radius 2 is 1.60 bits per heavy atom. The van der Waals surface area contributed by atoms with Crippen molar-refractivity contribution in [1.29, 1.82) is 0 Å². The van der Waals surface area contributed by atoms with E-state index >= 15 is 0 Å². The second-order valence-electron chi connectivity index (χ2n) is 8.80. The maximum Gasteiger partial charge on any atom is 0.263 e. The fraction of sp³-hybridized carbons (Fsp3) is 0.103. The van der Waals surface area contributed by atoms with Crippen LogP contribution >= 0.6 is 0 Å². The monoisotopic (exact) mass is 461 g/mol. The normalized spacial score (nSPS) is 15.3. The van der Waals surface area contributed by atoms with Gasteiger partial charge < -0.3 is 20.1 Å². The molecule has 5 aromatic rings. The third-order valence-electron chi connectivity index (χ3n) is 6.75. The Balaban J connectivity index is 1.62. The number of rotatable bonds is 2. The number of nitrogens with one attached hydrogen (secondary N) is 1. The number of para-hydroxylation sites is 3. The first kappa shape index (κ1) is 21.0. The van der Waals surface area contributed by atoms with Gasteiger partial charge >= 0.3 is 0 Å². The predicted octanol–water partition coefficient (Wildman–Crippen LogP) is 5.78. The molecule has 4 aromatic carbocycles. The quantitative estimate of drug-likeness (QED) is 0.311. The molecule has 1 aromatic heterocycles. The molecule has 6 rings (SSSR count). The molecule has 1 aliphatic rings. The molecule has 172 valence electrons. The number of anilines is 1. The van der Waals surface area contributed by atoms with Crippen LogP contribution in [0.1, 0.15) is 23.6 Å². The highest BCUT2D eigenvalue weighted by molar-refractivity contribution is 6.09. The Morgan fingerprint density at radius 3 is 2.46 bits per heavy atom. The standard InChI is InChI=1S/C29H23N3O3/c1-32-24-13-7-4-10-19(24)28(34)27(29(32)35)23-16-22(30-20-11-5-6-12-21(20)31-23)26-18-9-3-2-8-17(18)14-15-25(26)33/h2-15,22,30,33-34H,16H2,1H3/t22-/m1/s1. The van der Waals surface area contributed by atoms with E-state index in [9.17, 15) is 15.0 Å². The van der Waals surface area contributed by atoms with E-state index in [0.717, 1.165) is 22.0 Å². The van der Waals surface area contributed by atoms with E-state index in [-0.39, 0.29) is 35.1 Å². The molecule has 0 unspecified atom stereocenters. The van der Waals surface area contributed by atoms with Crippen LogP contribution in [-0.4, -0.2) is 20.5 Å². The summed E-state index contributed by atoms with van der Waals surface area (Å²) in [7, 11) is 1.70. The Hall–Kier alpha value is -4.58. The lowest BCUT2D eigenvalue weighted by Crippen LogP contribution is -2.26. The second-order valence-corrected chi connectivity index (χ2v) is 8.80. The van der Waals surface area contributed by atoms with Crippen molar-refractivity contribution >= 4 is 38.8 Å². The molecule has 0 spiro atoms. The maximum atomic E-state index is 13.5. The molecule has 0 amide bonds. The number of benzene rings is 4. The number of aromatic nitrogens is 1.